The zero-order valence-corrected chi connectivity index (χ0v) is 17.1. The highest BCUT2D eigenvalue weighted by molar-refractivity contribution is 6.07. The molecule has 1 N–H and O–H groups in total. The minimum atomic E-state index is -0.974. The van der Waals surface area contributed by atoms with Gasteiger partial charge in [0.2, 0.25) is 0 Å². The molecule has 1 atom stereocenters. The van der Waals surface area contributed by atoms with Crippen LogP contribution in [0.3, 0.4) is 0 Å². The average Bonchev–Trinajstić information content (AvgIpc) is 2.94. The smallest absolute Gasteiger partial charge is 0.319 e. The van der Waals surface area contributed by atoms with E-state index in [2.05, 4.69) is 43.4 Å². The molecule has 1 aliphatic rings. The first-order chi connectivity index (χ1) is 13.4. The lowest BCUT2D eigenvalue weighted by atomic mass is 9.87. The molecule has 1 aliphatic heterocycles. The molecule has 0 spiro atoms. The summed E-state index contributed by atoms with van der Waals surface area (Å²) in [6.45, 7) is 7.19. The van der Waals surface area contributed by atoms with Crippen molar-refractivity contribution in [2.75, 3.05) is 13.7 Å². The number of rotatable bonds is 7. The fourth-order valence-corrected chi connectivity index (χ4v) is 3.73. The molecule has 0 aliphatic carbocycles. The van der Waals surface area contributed by atoms with Crippen molar-refractivity contribution in [3.8, 4) is 0 Å². The van der Waals surface area contributed by atoms with Crippen molar-refractivity contribution in [1.29, 1.82) is 0 Å². The topological polar surface area (TPSA) is 52.7 Å². The Bertz CT molecular complexity index is 833. The van der Waals surface area contributed by atoms with Crippen LogP contribution in [0.25, 0.3) is 0 Å². The van der Waals surface area contributed by atoms with Crippen molar-refractivity contribution < 1.29 is 9.59 Å². The number of carbonyl (C=O) groups is 2. The molecule has 1 fully saturated rings. The van der Waals surface area contributed by atoms with Crippen LogP contribution in [0.4, 0.5) is 4.79 Å². The normalized spacial score (nSPS) is 19.6. The van der Waals surface area contributed by atoms with Gasteiger partial charge < -0.3 is 5.32 Å². The summed E-state index contributed by atoms with van der Waals surface area (Å²) < 4.78 is 0. The summed E-state index contributed by atoms with van der Waals surface area (Å²) in [6.07, 6.45) is 0.512. The Morgan fingerprint density at radius 2 is 1.68 bits per heavy atom. The van der Waals surface area contributed by atoms with Gasteiger partial charge in [0.15, 0.2) is 0 Å². The molecule has 3 rings (SSSR count). The molecule has 28 heavy (non-hydrogen) atoms. The number of urea groups is 1. The molecule has 0 saturated carbocycles. The Morgan fingerprint density at radius 1 is 1.04 bits per heavy atom. The zero-order valence-electron chi connectivity index (χ0n) is 17.1. The molecule has 2 aromatic rings. The molecule has 0 bridgehead atoms. The van der Waals surface area contributed by atoms with Crippen LogP contribution in [0, 0.1) is 0 Å². The maximum atomic E-state index is 13.2. The lowest BCUT2D eigenvalue weighted by Gasteiger charge is -2.27. The minimum Gasteiger partial charge on any atom is -0.319 e. The van der Waals surface area contributed by atoms with Crippen LogP contribution in [0.2, 0.25) is 0 Å². The first kappa shape index (κ1) is 20.1. The molecule has 0 aromatic heterocycles. The number of nitrogens with one attached hydrogen (secondary N) is 1. The van der Waals surface area contributed by atoms with Gasteiger partial charge in [0, 0.05) is 6.54 Å². The van der Waals surface area contributed by atoms with Gasteiger partial charge in [-0.15, -0.1) is 0 Å². The third-order valence-electron chi connectivity index (χ3n) is 5.45. The predicted molar refractivity (Wildman–Crippen MR) is 111 cm³/mol. The van der Waals surface area contributed by atoms with Crippen LogP contribution in [0.15, 0.2) is 54.6 Å². The van der Waals surface area contributed by atoms with Crippen molar-refractivity contribution >= 4 is 11.9 Å². The number of benzene rings is 2. The maximum absolute atomic E-state index is 13.2. The second-order valence-corrected chi connectivity index (χ2v) is 7.84. The SMILES string of the molecule is CC[C@@]1(c2ccccc2)NC(=O)N(CN(C)Cc2ccc(C(C)C)cc2)C1=O. The van der Waals surface area contributed by atoms with E-state index < -0.39 is 5.54 Å². The van der Waals surface area contributed by atoms with Crippen LogP contribution in [-0.2, 0) is 16.9 Å². The van der Waals surface area contributed by atoms with E-state index in [0.717, 1.165) is 11.1 Å². The largest absolute Gasteiger partial charge is 0.326 e. The Kier molecular flexibility index (Phi) is 5.84. The first-order valence-electron chi connectivity index (χ1n) is 9.84. The molecule has 0 radical (unpaired) electrons. The molecule has 2 aromatic carbocycles. The summed E-state index contributed by atoms with van der Waals surface area (Å²) >= 11 is 0. The van der Waals surface area contributed by atoms with Crippen molar-refractivity contribution in [3.05, 3.63) is 71.3 Å². The van der Waals surface area contributed by atoms with E-state index in [0.29, 0.717) is 18.9 Å². The average molecular weight is 380 g/mol. The molecule has 5 nitrogen and oxygen atoms in total. The van der Waals surface area contributed by atoms with Gasteiger partial charge in [0.1, 0.15) is 5.54 Å². The van der Waals surface area contributed by atoms with Crippen LogP contribution in [-0.4, -0.2) is 35.5 Å². The highest BCUT2D eigenvalue weighted by atomic mass is 16.2. The number of hydrogen-bond acceptors (Lipinski definition) is 3. The molecular weight excluding hydrogens is 350 g/mol. The Hall–Kier alpha value is -2.66. The van der Waals surface area contributed by atoms with Crippen molar-refractivity contribution in [2.24, 2.45) is 0 Å². The molecule has 1 heterocycles. The zero-order chi connectivity index (χ0) is 20.3. The number of hydrogen-bond donors (Lipinski definition) is 1. The van der Waals surface area contributed by atoms with Gasteiger partial charge in [-0.05, 0) is 36.1 Å². The number of imide groups is 1. The molecule has 148 valence electrons. The van der Waals surface area contributed by atoms with Crippen LogP contribution in [0.1, 0.15) is 49.8 Å². The van der Waals surface area contributed by atoms with Gasteiger partial charge in [-0.1, -0.05) is 75.4 Å². The lowest BCUT2D eigenvalue weighted by molar-refractivity contribution is -0.133. The molecule has 5 heteroatoms. The Balaban J connectivity index is 1.71. The monoisotopic (exact) mass is 379 g/mol. The van der Waals surface area contributed by atoms with Gasteiger partial charge in [-0.3, -0.25) is 9.69 Å². The van der Waals surface area contributed by atoms with Gasteiger partial charge in [0.05, 0.1) is 6.67 Å². The third-order valence-corrected chi connectivity index (χ3v) is 5.45. The van der Waals surface area contributed by atoms with E-state index in [-0.39, 0.29) is 18.6 Å². The van der Waals surface area contributed by atoms with Crippen molar-refractivity contribution in [1.82, 2.24) is 15.1 Å². The van der Waals surface area contributed by atoms with Crippen molar-refractivity contribution in [2.45, 2.75) is 45.2 Å². The van der Waals surface area contributed by atoms with Gasteiger partial charge >= 0.3 is 6.03 Å². The van der Waals surface area contributed by atoms with E-state index in [1.807, 2.05) is 49.2 Å². The summed E-state index contributed by atoms with van der Waals surface area (Å²) in [7, 11) is 1.92. The fourth-order valence-electron chi connectivity index (χ4n) is 3.73. The van der Waals surface area contributed by atoms with Gasteiger partial charge in [0.25, 0.3) is 5.91 Å². The highest BCUT2D eigenvalue weighted by Gasteiger charge is 2.51. The van der Waals surface area contributed by atoms with E-state index >= 15 is 0 Å². The minimum absolute atomic E-state index is 0.187. The summed E-state index contributed by atoms with van der Waals surface area (Å²) in [5.41, 5.74) is 2.31. The van der Waals surface area contributed by atoms with Crippen LogP contribution < -0.4 is 5.32 Å². The fraction of sp³-hybridized carbons (Fsp3) is 0.391. The Morgan fingerprint density at radius 3 is 2.25 bits per heavy atom. The van der Waals surface area contributed by atoms with E-state index in [1.54, 1.807) is 0 Å². The summed E-state index contributed by atoms with van der Waals surface area (Å²) in [5.74, 6) is 0.311. The maximum Gasteiger partial charge on any atom is 0.326 e. The second kappa shape index (κ2) is 8.15. The summed E-state index contributed by atoms with van der Waals surface area (Å²) in [4.78, 5) is 29.1. The Labute approximate surface area is 167 Å². The number of carbonyl (C=O) groups excluding carboxylic acids is 2. The molecular formula is C23H29N3O2. The predicted octanol–water partition coefficient (Wildman–Crippen LogP) is 4.06. The van der Waals surface area contributed by atoms with Crippen LogP contribution >= 0.6 is 0 Å². The van der Waals surface area contributed by atoms with Crippen molar-refractivity contribution in [3.63, 3.8) is 0 Å². The van der Waals surface area contributed by atoms with E-state index in [1.165, 1.54) is 10.5 Å². The van der Waals surface area contributed by atoms with Crippen LogP contribution in [0.5, 0.6) is 0 Å². The molecule has 1 saturated heterocycles. The third kappa shape index (κ3) is 3.80. The number of amides is 3. The lowest BCUT2D eigenvalue weighted by Crippen LogP contribution is -2.44. The van der Waals surface area contributed by atoms with E-state index in [9.17, 15) is 9.59 Å². The first-order valence-corrected chi connectivity index (χ1v) is 9.84. The standard InChI is InChI=1S/C23H29N3O2/c1-5-23(20-9-7-6-8-10-20)21(27)26(22(28)24-23)16-25(4)15-18-11-13-19(14-12-18)17(2)3/h6-14,17H,5,15-16H2,1-4H3,(H,24,28)/t23-/m0/s1. The van der Waals surface area contributed by atoms with E-state index in [4.69, 9.17) is 0 Å². The highest BCUT2D eigenvalue weighted by Crippen LogP contribution is 2.32. The number of nitrogens with zero attached hydrogens (tertiary/aromatic N) is 2. The molecule has 0 unspecified atom stereocenters. The van der Waals surface area contributed by atoms with Gasteiger partial charge in [-0.25, -0.2) is 9.69 Å². The molecule has 3 amide bonds. The summed E-state index contributed by atoms with van der Waals surface area (Å²) in [5, 5.41) is 2.93. The second-order valence-electron chi connectivity index (χ2n) is 7.84. The van der Waals surface area contributed by atoms with Gasteiger partial charge in [-0.2, -0.15) is 0 Å². The summed E-state index contributed by atoms with van der Waals surface area (Å²) in [6, 6.07) is 17.6. The quantitative estimate of drug-likeness (QED) is 0.738.